The van der Waals surface area contributed by atoms with Gasteiger partial charge in [-0.3, -0.25) is 0 Å². The van der Waals surface area contributed by atoms with Crippen molar-refractivity contribution in [3.63, 3.8) is 0 Å². The summed E-state index contributed by atoms with van der Waals surface area (Å²) in [5.41, 5.74) is 3.19. The standard InChI is InChI=1S/C15H9ClN2OS/c16-8-12-17-13-9-4-1-2-5-10(9)19-15(13)14(18-12)11-6-3-7-20-11/h1-7H,8H2. The van der Waals surface area contributed by atoms with Crippen molar-refractivity contribution in [3.8, 4) is 10.6 Å². The number of hydrogen-bond donors (Lipinski definition) is 0. The minimum atomic E-state index is 0.286. The highest BCUT2D eigenvalue weighted by atomic mass is 35.5. The smallest absolute Gasteiger partial charge is 0.180 e. The fourth-order valence-electron chi connectivity index (χ4n) is 2.28. The molecular weight excluding hydrogens is 292 g/mol. The van der Waals surface area contributed by atoms with Crippen LogP contribution in [0.5, 0.6) is 0 Å². The predicted molar refractivity (Wildman–Crippen MR) is 82.2 cm³/mol. The molecule has 5 heteroatoms. The summed E-state index contributed by atoms with van der Waals surface area (Å²) in [5.74, 6) is 0.905. The van der Waals surface area contributed by atoms with Crippen LogP contribution in [-0.2, 0) is 5.88 Å². The Morgan fingerprint density at radius 1 is 1.10 bits per heavy atom. The van der Waals surface area contributed by atoms with Crippen molar-refractivity contribution in [2.75, 3.05) is 0 Å². The monoisotopic (exact) mass is 300 g/mol. The van der Waals surface area contributed by atoms with Crippen molar-refractivity contribution >= 4 is 45.0 Å². The SMILES string of the molecule is ClCc1nc(-c2cccs2)c2oc3ccccc3c2n1. The van der Waals surface area contributed by atoms with E-state index in [1.807, 2.05) is 41.8 Å². The highest BCUT2D eigenvalue weighted by Gasteiger charge is 2.16. The number of aromatic nitrogens is 2. The lowest BCUT2D eigenvalue weighted by Gasteiger charge is -2.01. The van der Waals surface area contributed by atoms with Gasteiger partial charge in [0.2, 0.25) is 0 Å². The Morgan fingerprint density at radius 2 is 2.00 bits per heavy atom. The van der Waals surface area contributed by atoms with Gasteiger partial charge < -0.3 is 4.42 Å². The molecule has 0 aliphatic rings. The fourth-order valence-corrected chi connectivity index (χ4v) is 3.11. The summed E-state index contributed by atoms with van der Waals surface area (Å²) >= 11 is 7.55. The van der Waals surface area contributed by atoms with Gasteiger partial charge in [0.25, 0.3) is 0 Å². The van der Waals surface area contributed by atoms with Crippen LogP contribution < -0.4 is 0 Å². The lowest BCUT2D eigenvalue weighted by molar-refractivity contribution is 0.666. The first-order valence-corrected chi connectivity index (χ1v) is 7.56. The molecule has 0 bridgehead atoms. The predicted octanol–water partition coefficient (Wildman–Crippen LogP) is 4.84. The van der Waals surface area contributed by atoms with Crippen LogP contribution in [0, 0.1) is 0 Å². The van der Waals surface area contributed by atoms with Crippen LogP contribution in [-0.4, -0.2) is 9.97 Å². The van der Waals surface area contributed by atoms with Crippen LogP contribution >= 0.6 is 22.9 Å². The zero-order chi connectivity index (χ0) is 13.5. The number of nitrogens with zero attached hydrogens (tertiary/aromatic N) is 2. The van der Waals surface area contributed by atoms with Gasteiger partial charge >= 0.3 is 0 Å². The molecule has 20 heavy (non-hydrogen) atoms. The van der Waals surface area contributed by atoms with Crippen LogP contribution in [0.2, 0.25) is 0 Å². The zero-order valence-corrected chi connectivity index (χ0v) is 11.9. The molecule has 3 heterocycles. The summed E-state index contributed by atoms with van der Waals surface area (Å²) in [7, 11) is 0. The summed E-state index contributed by atoms with van der Waals surface area (Å²) in [6.45, 7) is 0. The van der Waals surface area contributed by atoms with E-state index in [1.165, 1.54) is 0 Å². The summed E-state index contributed by atoms with van der Waals surface area (Å²) in [6.07, 6.45) is 0. The molecule has 1 aromatic carbocycles. The molecule has 3 nitrogen and oxygen atoms in total. The minimum absolute atomic E-state index is 0.286. The van der Waals surface area contributed by atoms with Crippen LogP contribution in [0.1, 0.15) is 5.82 Å². The summed E-state index contributed by atoms with van der Waals surface area (Å²) < 4.78 is 5.95. The number of alkyl halides is 1. The van der Waals surface area contributed by atoms with E-state index in [4.69, 9.17) is 16.0 Å². The molecule has 98 valence electrons. The van der Waals surface area contributed by atoms with Crippen molar-refractivity contribution in [1.82, 2.24) is 9.97 Å². The van der Waals surface area contributed by atoms with Crippen molar-refractivity contribution in [3.05, 3.63) is 47.6 Å². The van der Waals surface area contributed by atoms with Gasteiger partial charge in [0.15, 0.2) is 5.58 Å². The van der Waals surface area contributed by atoms with Gasteiger partial charge in [-0.05, 0) is 23.6 Å². The molecule has 0 aliphatic carbocycles. The summed E-state index contributed by atoms with van der Waals surface area (Å²) in [4.78, 5) is 10.1. The fraction of sp³-hybridized carbons (Fsp3) is 0.0667. The largest absolute Gasteiger partial charge is 0.452 e. The lowest BCUT2D eigenvalue weighted by Crippen LogP contribution is -1.93. The topological polar surface area (TPSA) is 38.9 Å². The quantitative estimate of drug-likeness (QED) is 0.497. The molecular formula is C15H9ClN2OS. The van der Waals surface area contributed by atoms with Gasteiger partial charge in [-0.25, -0.2) is 9.97 Å². The Morgan fingerprint density at radius 3 is 2.80 bits per heavy atom. The number of rotatable bonds is 2. The van der Waals surface area contributed by atoms with E-state index >= 15 is 0 Å². The first-order chi connectivity index (χ1) is 9.86. The second-order valence-electron chi connectivity index (χ2n) is 4.38. The molecule has 0 atom stereocenters. The van der Waals surface area contributed by atoms with Crippen molar-refractivity contribution in [2.24, 2.45) is 0 Å². The van der Waals surface area contributed by atoms with E-state index in [1.54, 1.807) is 11.3 Å². The van der Waals surface area contributed by atoms with Crippen molar-refractivity contribution in [2.45, 2.75) is 5.88 Å². The number of para-hydroxylation sites is 1. The van der Waals surface area contributed by atoms with Crippen molar-refractivity contribution < 1.29 is 4.42 Å². The van der Waals surface area contributed by atoms with E-state index in [0.29, 0.717) is 5.82 Å². The third kappa shape index (κ3) is 1.72. The van der Waals surface area contributed by atoms with Crippen LogP contribution in [0.4, 0.5) is 0 Å². The number of thiophene rings is 1. The van der Waals surface area contributed by atoms with Gasteiger partial charge in [0.1, 0.15) is 22.6 Å². The Labute approximate surface area is 123 Å². The Bertz CT molecular complexity index is 899. The normalized spacial score (nSPS) is 11.4. The molecule has 0 aliphatic heterocycles. The van der Waals surface area contributed by atoms with E-state index in [-0.39, 0.29) is 5.88 Å². The molecule has 0 saturated carbocycles. The van der Waals surface area contributed by atoms with E-state index in [9.17, 15) is 0 Å². The number of fused-ring (bicyclic) bond motifs is 3. The first kappa shape index (κ1) is 11.9. The van der Waals surface area contributed by atoms with Gasteiger partial charge in [0.05, 0.1) is 10.8 Å². The highest BCUT2D eigenvalue weighted by Crippen LogP contribution is 2.35. The maximum atomic E-state index is 5.95. The van der Waals surface area contributed by atoms with Gasteiger partial charge in [-0.2, -0.15) is 0 Å². The molecule has 0 fully saturated rings. The van der Waals surface area contributed by atoms with Gasteiger partial charge in [-0.1, -0.05) is 18.2 Å². The van der Waals surface area contributed by atoms with Gasteiger partial charge in [0, 0.05) is 5.39 Å². The first-order valence-electron chi connectivity index (χ1n) is 6.15. The lowest BCUT2D eigenvalue weighted by atomic mass is 10.2. The molecule has 0 spiro atoms. The van der Waals surface area contributed by atoms with Crippen molar-refractivity contribution in [1.29, 1.82) is 0 Å². The number of furan rings is 1. The third-order valence-corrected chi connectivity index (χ3v) is 4.26. The molecule has 0 unspecified atom stereocenters. The van der Waals surface area contributed by atoms with E-state index in [2.05, 4.69) is 9.97 Å². The molecule has 0 amide bonds. The second-order valence-corrected chi connectivity index (χ2v) is 5.59. The van der Waals surface area contributed by atoms with E-state index in [0.717, 1.165) is 32.6 Å². The average Bonchev–Trinajstić information content (AvgIpc) is 3.13. The van der Waals surface area contributed by atoms with Crippen LogP contribution in [0.25, 0.3) is 32.6 Å². The average molecular weight is 301 g/mol. The molecule has 4 rings (SSSR count). The Kier molecular flexibility index (Phi) is 2.72. The molecule has 0 radical (unpaired) electrons. The van der Waals surface area contributed by atoms with E-state index < -0.39 is 0 Å². The molecule has 4 aromatic rings. The summed E-state index contributed by atoms with van der Waals surface area (Å²) in [5, 5.41) is 3.01. The Balaban J connectivity index is 2.16. The minimum Gasteiger partial charge on any atom is -0.452 e. The number of halogens is 1. The Hall–Kier alpha value is -1.91. The summed E-state index contributed by atoms with van der Waals surface area (Å²) in [6, 6.07) is 11.9. The molecule has 0 N–H and O–H groups in total. The number of hydrogen-bond acceptors (Lipinski definition) is 4. The maximum Gasteiger partial charge on any atom is 0.180 e. The zero-order valence-electron chi connectivity index (χ0n) is 10.3. The number of benzene rings is 1. The highest BCUT2D eigenvalue weighted by molar-refractivity contribution is 7.13. The van der Waals surface area contributed by atoms with Crippen LogP contribution in [0.15, 0.2) is 46.2 Å². The maximum absolute atomic E-state index is 5.95. The molecule has 3 aromatic heterocycles. The second kappa shape index (κ2) is 4.58. The van der Waals surface area contributed by atoms with Gasteiger partial charge in [-0.15, -0.1) is 22.9 Å². The van der Waals surface area contributed by atoms with Crippen LogP contribution in [0.3, 0.4) is 0 Å². The third-order valence-electron chi connectivity index (χ3n) is 3.14. The molecule has 0 saturated heterocycles.